The van der Waals surface area contributed by atoms with Crippen LogP contribution < -0.4 is 10.9 Å². The van der Waals surface area contributed by atoms with Gasteiger partial charge in [-0.2, -0.15) is 5.10 Å². The molecule has 0 bridgehead atoms. The van der Waals surface area contributed by atoms with E-state index >= 15 is 0 Å². The third kappa shape index (κ3) is 4.26. The summed E-state index contributed by atoms with van der Waals surface area (Å²) < 4.78 is 6.14. The second-order valence-electron chi connectivity index (χ2n) is 4.94. The molecule has 0 atom stereocenters. The van der Waals surface area contributed by atoms with Crippen molar-refractivity contribution in [3.05, 3.63) is 63.6 Å². The Morgan fingerprint density at radius 2 is 2.14 bits per heavy atom. The molecule has 1 amide bonds. The van der Waals surface area contributed by atoms with E-state index < -0.39 is 0 Å². The van der Waals surface area contributed by atoms with Crippen LogP contribution in [0.5, 0.6) is 0 Å². The fourth-order valence-electron chi connectivity index (χ4n) is 2.00. The largest absolute Gasteiger partial charge is 0.383 e. The number of nitrogens with zero attached hydrogens (tertiary/aromatic N) is 2. The molecule has 0 radical (unpaired) electrons. The van der Waals surface area contributed by atoms with Crippen molar-refractivity contribution in [1.29, 1.82) is 0 Å². The number of rotatable bonds is 6. The monoisotopic (exact) mass is 301 g/mol. The van der Waals surface area contributed by atoms with Gasteiger partial charge >= 0.3 is 0 Å². The molecular weight excluding hydrogens is 282 g/mol. The highest BCUT2D eigenvalue weighted by atomic mass is 16.5. The molecule has 0 unspecified atom stereocenters. The van der Waals surface area contributed by atoms with E-state index in [1.54, 1.807) is 7.11 Å². The van der Waals surface area contributed by atoms with Gasteiger partial charge in [0.1, 0.15) is 5.69 Å². The lowest BCUT2D eigenvalue weighted by molar-refractivity contribution is 0.0942. The topological polar surface area (TPSA) is 73.2 Å². The summed E-state index contributed by atoms with van der Waals surface area (Å²) in [6.07, 6.45) is 0. The van der Waals surface area contributed by atoms with Crippen LogP contribution in [0.25, 0.3) is 0 Å². The first-order valence-corrected chi connectivity index (χ1v) is 7.01. The Hall–Kier alpha value is -2.47. The molecule has 0 spiro atoms. The maximum atomic E-state index is 12.1. The maximum Gasteiger partial charge on any atom is 0.271 e. The van der Waals surface area contributed by atoms with Gasteiger partial charge in [-0.25, -0.2) is 4.68 Å². The van der Waals surface area contributed by atoms with Gasteiger partial charge in [-0.05, 0) is 18.6 Å². The van der Waals surface area contributed by atoms with E-state index in [0.29, 0.717) is 19.7 Å². The molecule has 6 nitrogen and oxygen atoms in total. The summed E-state index contributed by atoms with van der Waals surface area (Å²) in [7, 11) is 1.55. The SMILES string of the molecule is COCCn1nc(C(=O)NCc2cccc(C)c2)ccc1=O. The molecule has 0 fully saturated rings. The van der Waals surface area contributed by atoms with Crippen molar-refractivity contribution in [2.24, 2.45) is 0 Å². The van der Waals surface area contributed by atoms with E-state index in [4.69, 9.17) is 4.74 Å². The molecular formula is C16H19N3O3. The number of amides is 1. The van der Waals surface area contributed by atoms with Crippen LogP contribution in [0.1, 0.15) is 21.6 Å². The zero-order chi connectivity index (χ0) is 15.9. The fourth-order valence-corrected chi connectivity index (χ4v) is 2.00. The summed E-state index contributed by atoms with van der Waals surface area (Å²) in [5, 5.41) is 6.85. The summed E-state index contributed by atoms with van der Waals surface area (Å²) >= 11 is 0. The second-order valence-corrected chi connectivity index (χ2v) is 4.94. The van der Waals surface area contributed by atoms with Crippen molar-refractivity contribution in [2.45, 2.75) is 20.0 Å². The molecule has 22 heavy (non-hydrogen) atoms. The highest BCUT2D eigenvalue weighted by Gasteiger charge is 2.09. The van der Waals surface area contributed by atoms with Crippen LogP contribution in [-0.4, -0.2) is 29.4 Å². The molecule has 0 saturated carbocycles. The van der Waals surface area contributed by atoms with E-state index in [1.165, 1.54) is 16.8 Å². The normalized spacial score (nSPS) is 10.5. The summed E-state index contributed by atoms with van der Waals surface area (Å²) in [4.78, 5) is 23.7. The maximum absolute atomic E-state index is 12.1. The van der Waals surface area contributed by atoms with E-state index in [9.17, 15) is 9.59 Å². The minimum Gasteiger partial charge on any atom is -0.383 e. The predicted octanol–water partition coefficient (Wildman–Crippen LogP) is 1.13. The summed E-state index contributed by atoms with van der Waals surface area (Å²) in [5.41, 5.74) is 2.11. The smallest absolute Gasteiger partial charge is 0.271 e. The van der Waals surface area contributed by atoms with Crippen LogP contribution in [0.4, 0.5) is 0 Å². The minimum atomic E-state index is -0.312. The number of hydrogen-bond donors (Lipinski definition) is 1. The van der Waals surface area contributed by atoms with Gasteiger partial charge in [0.05, 0.1) is 13.2 Å². The molecule has 6 heteroatoms. The first-order chi connectivity index (χ1) is 10.6. The Labute approximate surface area is 128 Å². The molecule has 2 aromatic rings. The Balaban J connectivity index is 2.04. The molecule has 1 N–H and O–H groups in total. The van der Waals surface area contributed by atoms with Crippen molar-refractivity contribution in [3.8, 4) is 0 Å². The Kier molecular flexibility index (Phi) is 5.43. The lowest BCUT2D eigenvalue weighted by atomic mass is 10.1. The summed E-state index contributed by atoms with van der Waals surface area (Å²) in [5.74, 6) is -0.312. The first-order valence-electron chi connectivity index (χ1n) is 7.01. The first kappa shape index (κ1) is 15.9. The Bertz CT molecular complexity index is 710. The van der Waals surface area contributed by atoms with Gasteiger partial charge in [-0.1, -0.05) is 29.8 Å². The number of ether oxygens (including phenoxy) is 1. The van der Waals surface area contributed by atoms with Crippen molar-refractivity contribution in [2.75, 3.05) is 13.7 Å². The number of carbonyl (C=O) groups is 1. The van der Waals surface area contributed by atoms with Crippen LogP contribution in [-0.2, 0) is 17.8 Å². The van der Waals surface area contributed by atoms with Crippen LogP contribution in [0.15, 0.2) is 41.2 Å². The molecule has 0 saturated heterocycles. The number of hydrogen-bond acceptors (Lipinski definition) is 4. The van der Waals surface area contributed by atoms with Gasteiger partial charge in [0.2, 0.25) is 0 Å². The van der Waals surface area contributed by atoms with E-state index in [1.807, 2.05) is 31.2 Å². The summed E-state index contributed by atoms with van der Waals surface area (Å²) in [6, 6.07) is 10.7. The molecule has 0 aliphatic rings. The molecule has 1 aromatic carbocycles. The standard InChI is InChI=1S/C16H19N3O3/c1-12-4-3-5-13(10-12)11-17-16(21)14-6-7-15(20)19(18-14)8-9-22-2/h3-7,10H,8-9,11H2,1-2H3,(H,17,21). The lowest BCUT2D eigenvalue weighted by Crippen LogP contribution is -2.30. The Morgan fingerprint density at radius 1 is 1.32 bits per heavy atom. The highest BCUT2D eigenvalue weighted by Crippen LogP contribution is 2.03. The van der Waals surface area contributed by atoms with Crippen LogP contribution in [0.3, 0.4) is 0 Å². The molecule has 2 rings (SSSR count). The highest BCUT2D eigenvalue weighted by molar-refractivity contribution is 5.91. The molecule has 116 valence electrons. The quantitative estimate of drug-likeness (QED) is 0.868. The third-order valence-electron chi connectivity index (χ3n) is 3.14. The van der Waals surface area contributed by atoms with Crippen molar-refractivity contribution in [3.63, 3.8) is 0 Å². The van der Waals surface area contributed by atoms with Gasteiger partial charge in [-0.15, -0.1) is 0 Å². The molecule has 0 aliphatic heterocycles. The van der Waals surface area contributed by atoms with E-state index in [2.05, 4.69) is 10.4 Å². The number of aromatic nitrogens is 2. The number of methoxy groups -OCH3 is 1. The fraction of sp³-hybridized carbons (Fsp3) is 0.312. The van der Waals surface area contributed by atoms with Gasteiger partial charge in [0.15, 0.2) is 0 Å². The summed E-state index contributed by atoms with van der Waals surface area (Å²) in [6.45, 7) is 3.09. The van der Waals surface area contributed by atoms with Crippen LogP contribution in [0, 0.1) is 6.92 Å². The van der Waals surface area contributed by atoms with Gasteiger partial charge < -0.3 is 10.1 Å². The van der Waals surface area contributed by atoms with Crippen LogP contribution in [0.2, 0.25) is 0 Å². The van der Waals surface area contributed by atoms with E-state index in [0.717, 1.165) is 11.1 Å². The van der Waals surface area contributed by atoms with Crippen molar-refractivity contribution in [1.82, 2.24) is 15.1 Å². The average Bonchev–Trinajstić information content (AvgIpc) is 2.52. The third-order valence-corrected chi connectivity index (χ3v) is 3.14. The zero-order valence-corrected chi connectivity index (χ0v) is 12.7. The van der Waals surface area contributed by atoms with Crippen molar-refractivity contribution >= 4 is 5.91 Å². The molecule has 1 aromatic heterocycles. The molecule has 0 aliphatic carbocycles. The van der Waals surface area contributed by atoms with Crippen molar-refractivity contribution < 1.29 is 9.53 Å². The average molecular weight is 301 g/mol. The number of benzene rings is 1. The van der Waals surface area contributed by atoms with Crippen LogP contribution >= 0.6 is 0 Å². The Morgan fingerprint density at radius 3 is 2.86 bits per heavy atom. The molecule has 1 heterocycles. The minimum absolute atomic E-state index is 0.211. The van der Waals surface area contributed by atoms with Gasteiger partial charge in [-0.3, -0.25) is 9.59 Å². The van der Waals surface area contributed by atoms with Gasteiger partial charge in [0, 0.05) is 19.7 Å². The zero-order valence-electron chi connectivity index (χ0n) is 12.7. The number of aryl methyl sites for hydroxylation is 1. The predicted molar refractivity (Wildman–Crippen MR) is 82.7 cm³/mol. The number of carbonyl (C=O) groups excluding carboxylic acids is 1. The van der Waals surface area contributed by atoms with Gasteiger partial charge in [0.25, 0.3) is 11.5 Å². The second kappa shape index (κ2) is 7.51. The van der Waals surface area contributed by atoms with E-state index in [-0.39, 0.29) is 17.2 Å². The lowest BCUT2D eigenvalue weighted by Gasteiger charge is -2.08. The number of nitrogens with one attached hydrogen (secondary N) is 1.